The van der Waals surface area contributed by atoms with Gasteiger partial charge in [0.15, 0.2) is 0 Å². The van der Waals surface area contributed by atoms with Gasteiger partial charge in [-0.05, 0) is 43.5 Å². The first-order valence-corrected chi connectivity index (χ1v) is 7.67. The summed E-state index contributed by atoms with van der Waals surface area (Å²) in [4.78, 5) is 27.8. The van der Waals surface area contributed by atoms with E-state index in [2.05, 4.69) is 0 Å². The van der Waals surface area contributed by atoms with E-state index in [-0.39, 0.29) is 24.3 Å². The van der Waals surface area contributed by atoms with Crippen LogP contribution in [-0.4, -0.2) is 48.6 Å². The van der Waals surface area contributed by atoms with Crippen LogP contribution in [0.5, 0.6) is 0 Å². The monoisotopic (exact) mass is 304 g/mol. The maximum absolute atomic E-state index is 12.4. The molecule has 1 aliphatic heterocycles. The second kappa shape index (κ2) is 6.92. The zero-order chi connectivity index (χ0) is 16.3. The largest absolute Gasteiger partial charge is 0.395 e. The number of piperidine rings is 1. The van der Waals surface area contributed by atoms with Crippen LogP contribution in [0.3, 0.4) is 0 Å². The Morgan fingerprint density at radius 1 is 1.36 bits per heavy atom. The van der Waals surface area contributed by atoms with Crippen molar-refractivity contribution in [2.24, 2.45) is 5.92 Å². The number of benzene rings is 1. The topological polar surface area (TPSA) is 60.9 Å². The van der Waals surface area contributed by atoms with Gasteiger partial charge in [-0.2, -0.15) is 0 Å². The van der Waals surface area contributed by atoms with Gasteiger partial charge in [-0.3, -0.25) is 9.59 Å². The second-order valence-corrected chi connectivity index (χ2v) is 5.99. The number of likely N-dealkylation sites (N-methyl/N-ethyl adjacent to an activating group) is 1. The van der Waals surface area contributed by atoms with Gasteiger partial charge in [0.05, 0.1) is 12.5 Å². The zero-order valence-corrected chi connectivity index (χ0v) is 13.5. The van der Waals surface area contributed by atoms with E-state index in [0.717, 1.165) is 11.3 Å². The van der Waals surface area contributed by atoms with Crippen LogP contribution in [-0.2, 0) is 9.59 Å². The summed E-state index contributed by atoms with van der Waals surface area (Å²) in [6.45, 7) is 4.75. The molecule has 1 N–H and O–H groups in total. The van der Waals surface area contributed by atoms with Gasteiger partial charge in [-0.25, -0.2) is 0 Å². The van der Waals surface area contributed by atoms with Crippen LogP contribution < -0.4 is 4.90 Å². The molecule has 1 atom stereocenters. The lowest BCUT2D eigenvalue weighted by atomic mass is 9.95. The Hall–Kier alpha value is -1.88. The molecule has 1 aliphatic rings. The fourth-order valence-electron chi connectivity index (χ4n) is 2.76. The molecule has 0 bridgehead atoms. The molecular weight excluding hydrogens is 280 g/mol. The number of nitrogens with zero attached hydrogens (tertiary/aromatic N) is 2. The van der Waals surface area contributed by atoms with Crippen LogP contribution in [0.15, 0.2) is 18.2 Å². The highest BCUT2D eigenvalue weighted by Crippen LogP contribution is 2.26. The van der Waals surface area contributed by atoms with Gasteiger partial charge in [0.2, 0.25) is 11.8 Å². The van der Waals surface area contributed by atoms with Crippen molar-refractivity contribution in [2.45, 2.75) is 26.7 Å². The molecule has 1 aromatic carbocycles. The molecule has 1 aromatic rings. The molecule has 0 radical (unpaired) electrons. The number of carbonyl (C=O) groups is 2. The van der Waals surface area contributed by atoms with Gasteiger partial charge in [-0.15, -0.1) is 0 Å². The maximum atomic E-state index is 12.4. The van der Waals surface area contributed by atoms with E-state index in [1.807, 2.05) is 32.0 Å². The quantitative estimate of drug-likeness (QED) is 0.917. The van der Waals surface area contributed by atoms with E-state index < -0.39 is 0 Å². The predicted octanol–water partition coefficient (Wildman–Crippen LogP) is 1.50. The highest BCUT2D eigenvalue weighted by molar-refractivity contribution is 5.96. The van der Waals surface area contributed by atoms with E-state index >= 15 is 0 Å². The van der Waals surface area contributed by atoms with Crippen molar-refractivity contribution >= 4 is 17.5 Å². The SMILES string of the molecule is Cc1ccc(N2CC(C(=O)N(C)CCO)CCC2=O)cc1C. The second-order valence-electron chi connectivity index (χ2n) is 5.99. The smallest absolute Gasteiger partial charge is 0.227 e. The minimum Gasteiger partial charge on any atom is -0.395 e. The standard InChI is InChI=1S/C17H24N2O3/c1-12-4-6-15(10-13(12)2)19-11-14(5-7-16(19)21)17(22)18(3)8-9-20/h4,6,10,14,20H,5,7-9,11H2,1-3H3. The van der Waals surface area contributed by atoms with E-state index in [4.69, 9.17) is 5.11 Å². The maximum Gasteiger partial charge on any atom is 0.227 e. The highest BCUT2D eigenvalue weighted by atomic mass is 16.3. The zero-order valence-electron chi connectivity index (χ0n) is 13.5. The number of hydrogen-bond donors (Lipinski definition) is 1. The van der Waals surface area contributed by atoms with E-state index in [0.29, 0.717) is 25.9 Å². The highest BCUT2D eigenvalue weighted by Gasteiger charge is 2.32. The Morgan fingerprint density at radius 2 is 2.09 bits per heavy atom. The molecule has 2 amide bonds. The van der Waals surface area contributed by atoms with Gasteiger partial charge < -0.3 is 14.9 Å². The molecule has 2 rings (SSSR count). The molecule has 5 nitrogen and oxygen atoms in total. The van der Waals surface area contributed by atoms with Gasteiger partial charge in [0, 0.05) is 32.2 Å². The van der Waals surface area contributed by atoms with Crippen LogP contribution in [0, 0.1) is 19.8 Å². The van der Waals surface area contributed by atoms with Crippen LogP contribution in [0.2, 0.25) is 0 Å². The average Bonchev–Trinajstić information content (AvgIpc) is 2.50. The molecule has 1 unspecified atom stereocenters. The molecular formula is C17H24N2O3. The van der Waals surface area contributed by atoms with Crippen LogP contribution in [0.1, 0.15) is 24.0 Å². The summed E-state index contributed by atoms with van der Waals surface area (Å²) in [7, 11) is 1.69. The van der Waals surface area contributed by atoms with Crippen molar-refractivity contribution in [1.29, 1.82) is 0 Å². The Labute approximate surface area is 131 Å². The summed E-state index contributed by atoms with van der Waals surface area (Å²) < 4.78 is 0. The van der Waals surface area contributed by atoms with Gasteiger partial charge in [0.1, 0.15) is 0 Å². The Morgan fingerprint density at radius 3 is 2.73 bits per heavy atom. The summed E-state index contributed by atoms with van der Waals surface area (Å²) in [5.74, 6) is -0.136. The minimum atomic E-state index is -0.198. The summed E-state index contributed by atoms with van der Waals surface area (Å²) >= 11 is 0. The Bertz CT molecular complexity index is 571. The van der Waals surface area contributed by atoms with E-state index in [1.165, 1.54) is 5.56 Å². The summed E-state index contributed by atoms with van der Waals surface area (Å²) in [6.07, 6.45) is 0.963. The number of hydrogen-bond acceptors (Lipinski definition) is 3. The number of aliphatic hydroxyl groups is 1. The summed E-state index contributed by atoms with van der Waals surface area (Å²) in [5.41, 5.74) is 3.18. The van der Waals surface area contributed by atoms with Crippen molar-refractivity contribution in [3.63, 3.8) is 0 Å². The number of rotatable bonds is 4. The van der Waals surface area contributed by atoms with Crippen molar-refractivity contribution in [3.05, 3.63) is 29.3 Å². The molecule has 1 saturated heterocycles. The fourth-order valence-corrected chi connectivity index (χ4v) is 2.76. The van der Waals surface area contributed by atoms with Crippen molar-refractivity contribution in [3.8, 4) is 0 Å². The average molecular weight is 304 g/mol. The number of carbonyl (C=O) groups excluding carboxylic acids is 2. The molecule has 1 heterocycles. The number of aryl methyl sites for hydroxylation is 2. The molecule has 1 fully saturated rings. The van der Waals surface area contributed by atoms with Crippen molar-refractivity contribution < 1.29 is 14.7 Å². The molecule has 0 aromatic heterocycles. The molecule has 22 heavy (non-hydrogen) atoms. The molecule has 0 aliphatic carbocycles. The van der Waals surface area contributed by atoms with Gasteiger partial charge in [0.25, 0.3) is 0 Å². The van der Waals surface area contributed by atoms with E-state index in [1.54, 1.807) is 16.8 Å². The van der Waals surface area contributed by atoms with Gasteiger partial charge >= 0.3 is 0 Å². The molecule has 5 heteroatoms. The first-order chi connectivity index (χ1) is 10.4. The van der Waals surface area contributed by atoms with E-state index in [9.17, 15) is 9.59 Å². The fraction of sp³-hybridized carbons (Fsp3) is 0.529. The molecule has 0 spiro atoms. The van der Waals surface area contributed by atoms with Crippen LogP contribution >= 0.6 is 0 Å². The first-order valence-electron chi connectivity index (χ1n) is 7.67. The normalized spacial score (nSPS) is 18.5. The van der Waals surface area contributed by atoms with Crippen molar-refractivity contribution in [2.75, 3.05) is 31.6 Å². The lowest BCUT2D eigenvalue weighted by Crippen LogP contribution is -2.46. The molecule has 0 saturated carbocycles. The third kappa shape index (κ3) is 3.47. The van der Waals surface area contributed by atoms with Crippen molar-refractivity contribution in [1.82, 2.24) is 4.90 Å². The van der Waals surface area contributed by atoms with Gasteiger partial charge in [-0.1, -0.05) is 6.07 Å². The molecule has 120 valence electrons. The Balaban J connectivity index is 2.16. The number of amides is 2. The van der Waals surface area contributed by atoms with Crippen LogP contribution in [0.25, 0.3) is 0 Å². The summed E-state index contributed by atoms with van der Waals surface area (Å²) in [6, 6.07) is 5.93. The first kappa shape index (κ1) is 16.5. The predicted molar refractivity (Wildman–Crippen MR) is 85.7 cm³/mol. The lowest BCUT2D eigenvalue weighted by molar-refractivity contribution is -0.135. The lowest BCUT2D eigenvalue weighted by Gasteiger charge is -2.34. The Kier molecular flexibility index (Phi) is 5.19. The number of anilines is 1. The third-order valence-corrected chi connectivity index (χ3v) is 4.37. The van der Waals surface area contributed by atoms with Crippen LogP contribution in [0.4, 0.5) is 5.69 Å². The summed E-state index contributed by atoms with van der Waals surface area (Å²) in [5, 5.41) is 8.95. The third-order valence-electron chi connectivity index (χ3n) is 4.37. The number of aliphatic hydroxyl groups excluding tert-OH is 1. The minimum absolute atomic E-state index is 0.00427.